The fraction of sp³-hybridized carbons (Fsp3) is 0.280. The predicted octanol–water partition coefficient (Wildman–Crippen LogP) is 4.28. The first-order chi connectivity index (χ1) is 15.1. The van der Waals surface area contributed by atoms with Crippen molar-refractivity contribution in [1.82, 2.24) is 5.32 Å². The smallest absolute Gasteiger partial charge is 0.321 e. The number of rotatable bonds is 6. The highest BCUT2D eigenvalue weighted by Crippen LogP contribution is 2.37. The van der Waals surface area contributed by atoms with E-state index in [-0.39, 0.29) is 5.75 Å². The largest absolute Gasteiger partial charge is 0.623 e. The second-order valence-electron chi connectivity index (χ2n) is 9.04. The molecule has 2 atom stereocenters. The summed E-state index contributed by atoms with van der Waals surface area (Å²) in [7, 11) is 0. The van der Waals surface area contributed by atoms with Crippen LogP contribution in [0.15, 0.2) is 48.5 Å². The molecule has 0 aliphatic heterocycles. The van der Waals surface area contributed by atoms with Gasteiger partial charge in [-0.2, -0.15) is 12.6 Å². The van der Waals surface area contributed by atoms with E-state index in [0.29, 0.717) is 5.56 Å². The molecule has 0 radical (unpaired) electrons. The molecular weight excluding hydrogens is 424 g/mol. The van der Waals surface area contributed by atoms with Crippen molar-refractivity contribution in [2.75, 3.05) is 5.75 Å². The molecule has 0 aliphatic rings. The van der Waals surface area contributed by atoms with Crippen LogP contribution in [0, 0.1) is 5.21 Å². The van der Waals surface area contributed by atoms with Gasteiger partial charge in [0, 0.05) is 37.7 Å². The molecule has 6 nitrogen and oxygen atoms in total. The summed E-state index contributed by atoms with van der Waals surface area (Å²) in [5, 5.41) is 41.1. The Labute approximate surface area is 191 Å². The number of hydrogen-bond acceptors (Lipinski definition) is 5. The highest BCUT2D eigenvalue weighted by molar-refractivity contribution is 7.80. The average molecular weight is 451 g/mol. The van der Waals surface area contributed by atoms with Crippen molar-refractivity contribution < 1.29 is 19.7 Å². The lowest BCUT2D eigenvalue weighted by Crippen LogP contribution is -2.40. The van der Waals surface area contributed by atoms with E-state index in [4.69, 9.17) is 0 Å². The molecule has 0 aliphatic carbocycles. The van der Waals surface area contributed by atoms with Crippen molar-refractivity contribution in [3.63, 3.8) is 0 Å². The molecule has 7 heteroatoms. The summed E-state index contributed by atoms with van der Waals surface area (Å²) in [5.41, 5.74) is 0.895. The van der Waals surface area contributed by atoms with E-state index in [9.17, 15) is 20.2 Å². The van der Waals surface area contributed by atoms with Crippen molar-refractivity contribution in [3.8, 4) is 0 Å². The molecule has 0 saturated carbocycles. The molecule has 2 unspecified atom stereocenters. The molecule has 0 saturated heterocycles. The molecule has 32 heavy (non-hydrogen) atoms. The Morgan fingerprint density at radius 3 is 2.28 bits per heavy atom. The first-order valence-electron chi connectivity index (χ1n) is 10.4. The molecule has 4 aromatic rings. The normalized spacial score (nSPS) is 15.0. The lowest BCUT2D eigenvalue weighted by Gasteiger charge is -2.21. The number of nitrogens with one attached hydrogen (secondary N) is 1. The number of carboxylic acid groups (broad SMARTS) is 1. The van der Waals surface area contributed by atoms with Gasteiger partial charge in [-0.25, -0.2) is 4.74 Å². The first-order valence-corrected chi connectivity index (χ1v) is 11.0. The molecule has 0 aromatic heterocycles. The van der Waals surface area contributed by atoms with Crippen molar-refractivity contribution in [3.05, 3.63) is 64.9 Å². The summed E-state index contributed by atoms with van der Waals surface area (Å²) >= 11 is 4.06. The molecule has 0 spiro atoms. The predicted molar refractivity (Wildman–Crippen MR) is 132 cm³/mol. The number of carboxylic acids is 1. The van der Waals surface area contributed by atoms with Crippen LogP contribution in [-0.2, 0) is 4.79 Å². The van der Waals surface area contributed by atoms with Gasteiger partial charge in [0.25, 0.3) is 0 Å². The molecule has 166 valence electrons. The van der Waals surface area contributed by atoms with Crippen LogP contribution in [0.4, 0.5) is 0 Å². The van der Waals surface area contributed by atoms with E-state index in [1.807, 2.05) is 69.3 Å². The lowest BCUT2D eigenvalue weighted by atomic mass is 9.90. The van der Waals surface area contributed by atoms with Gasteiger partial charge in [-0.3, -0.25) is 10.1 Å². The molecule has 0 amide bonds. The SMILES string of the molecule is CC(C)(C)/[N+]([O-])=C/c1cc2ccc3ccc(C(O)NC(CS)C(=O)O)c4ccc(c1)c2c34. The van der Waals surface area contributed by atoms with Gasteiger partial charge >= 0.3 is 5.97 Å². The minimum atomic E-state index is -1.16. The quantitative estimate of drug-likeness (QED) is 0.0669. The Bertz CT molecular complexity index is 1320. The van der Waals surface area contributed by atoms with E-state index in [0.717, 1.165) is 42.6 Å². The topological polar surface area (TPSA) is 95.6 Å². The Morgan fingerprint density at radius 2 is 1.69 bits per heavy atom. The van der Waals surface area contributed by atoms with E-state index >= 15 is 0 Å². The van der Waals surface area contributed by atoms with Gasteiger partial charge in [0.15, 0.2) is 11.8 Å². The van der Waals surface area contributed by atoms with Gasteiger partial charge in [-0.1, -0.05) is 36.4 Å². The summed E-state index contributed by atoms with van der Waals surface area (Å²) in [5.74, 6) is -1.01. The number of hydrogen-bond donors (Lipinski definition) is 4. The van der Waals surface area contributed by atoms with Crippen molar-refractivity contribution in [2.45, 2.75) is 38.6 Å². The maximum Gasteiger partial charge on any atom is 0.321 e. The maximum atomic E-state index is 12.4. The van der Waals surface area contributed by atoms with E-state index in [1.54, 1.807) is 6.21 Å². The summed E-state index contributed by atoms with van der Waals surface area (Å²) in [4.78, 5) is 11.4. The van der Waals surface area contributed by atoms with Crippen LogP contribution < -0.4 is 5.32 Å². The monoisotopic (exact) mass is 450 g/mol. The Hall–Kier alpha value is -2.87. The fourth-order valence-corrected chi connectivity index (χ4v) is 4.25. The van der Waals surface area contributed by atoms with Crippen LogP contribution in [-0.4, -0.2) is 44.5 Å². The molecule has 3 N–H and O–H groups in total. The first kappa shape index (κ1) is 22.3. The number of benzene rings is 4. The summed E-state index contributed by atoms with van der Waals surface area (Å²) in [6, 6.07) is 14.7. The summed E-state index contributed by atoms with van der Waals surface area (Å²) in [6.45, 7) is 5.60. The van der Waals surface area contributed by atoms with Crippen LogP contribution in [0.5, 0.6) is 0 Å². The summed E-state index contributed by atoms with van der Waals surface area (Å²) < 4.78 is 0.959. The van der Waals surface area contributed by atoms with Crippen LogP contribution in [0.1, 0.15) is 38.1 Å². The Kier molecular flexibility index (Phi) is 5.75. The van der Waals surface area contributed by atoms with Crippen LogP contribution >= 0.6 is 12.6 Å². The van der Waals surface area contributed by atoms with Gasteiger partial charge in [0.1, 0.15) is 12.3 Å². The maximum absolute atomic E-state index is 12.4. The van der Waals surface area contributed by atoms with E-state index in [1.165, 1.54) is 0 Å². The number of hydroxylamine groups is 1. The third-order valence-corrected chi connectivity index (χ3v) is 6.08. The van der Waals surface area contributed by atoms with Crippen LogP contribution in [0.3, 0.4) is 0 Å². The van der Waals surface area contributed by atoms with Crippen molar-refractivity contribution in [2.24, 2.45) is 0 Å². The minimum absolute atomic E-state index is 0.0583. The standard InChI is InChI=1S/C25H26N2O4S/c1-25(2,3)27(31)12-14-10-16-5-4-15-6-9-19(23(28)26-20(13-32)24(29)30)18-8-7-17(11-14)21(16)22(15)18/h4-12,20,23,26,28,32H,13H2,1-3H3,(H,29,30)/b27-12-. The number of thiol groups is 1. The Morgan fingerprint density at radius 1 is 1.09 bits per heavy atom. The molecular formula is C25H26N2O4S. The lowest BCUT2D eigenvalue weighted by molar-refractivity contribution is -0.530. The average Bonchev–Trinajstić information content (AvgIpc) is 2.74. The molecule has 4 aromatic carbocycles. The van der Waals surface area contributed by atoms with Gasteiger partial charge < -0.3 is 15.4 Å². The van der Waals surface area contributed by atoms with Crippen molar-refractivity contribution in [1.29, 1.82) is 0 Å². The van der Waals surface area contributed by atoms with E-state index < -0.39 is 23.8 Å². The number of aliphatic hydroxyl groups excluding tert-OH is 1. The Balaban J connectivity index is 1.88. The van der Waals surface area contributed by atoms with Crippen LogP contribution in [0.25, 0.3) is 32.3 Å². The zero-order valence-corrected chi connectivity index (χ0v) is 19.1. The summed E-state index contributed by atoms with van der Waals surface area (Å²) in [6.07, 6.45) is 0.453. The highest BCUT2D eigenvalue weighted by atomic mass is 32.1. The third kappa shape index (κ3) is 3.99. The van der Waals surface area contributed by atoms with Gasteiger partial charge in [0.05, 0.1) is 0 Å². The molecule has 0 fully saturated rings. The number of nitrogens with zero attached hydrogens (tertiary/aromatic N) is 1. The highest BCUT2D eigenvalue weighted by Gasteiger charge is 2.22. The minimum Gasteiger partial charge on any atom is -0.623 e. The number of carbonyl (C=O) groups is 1. The zero-order chi connectivity index (χ0) is 23.2. The number of aliphatic hydroxyl groups is 1. The fourth-order valence-electron chi connectivity index (χ4n) is 3.99. The third-order valence-electron chi connectivity index (χ3n) is 5.72. The van der Waals surface area contributed by atoms with Crippen LogP contribution in [0.2, 0.25) is 0 Å². The zero-order valence-electron chi connectivity index (χ0n) is 18.2. The molecule has 0 heterocycles. The number of aliphatic carboxylic acids is 1. The van der Waals surface area contributed by atoms with Gasteiger partial charge in [-0.15, -0.1) is 0 Å². The molecule has 0 bridgehead atoms. The van der Waals surface area contributed by atoms with Gasteiger partial charge in [-0.05, 0) is 44.5 Å². The van der Waals surface area contributed by atoms with E-state index in [2.05, 4.69) is 17.9 Å². The second-order valence-corrected chi connectivity index (χ2v) is 9.41. The molecule has 4 rings (SSSR count). The van der Waals surface area contributed by atoms with Crippen molar-refractivity contribution >= 4 is 57.1 Å². The van der Waals surface area contributed by atoms with Gasteiger partial charge in [0.2, 0.25) is 0 Å². The second kappa shape index (κ2) is 8.24.